The molecule has 2 atom stereocenters. The second-order valence-corrected chi connectivity index (χ2v) is 12.7. The van der Waals surface area contributed by atoms with Crippen LogP contribution in [0.4, 0.5) is 5.82 Å². The Morgan fingerprint density at radius 2 is 1.85 bits per heavy atom. The first-order valence-electron chi connectivity index (χ1n) is 14.8. The summed E-state index contributed by atoms with van der Waals surface area (Å²) in [6.45, 7) is 21.0. The lowest BCUT2D eigenvalue weighted by Crippen LogP contribution is -2.50. The van der Waals surface area contributed by atoms with Gasteiger partial charge in [0.2, 0.25) is 0 Å². The number of ether oxygens (including phenoxy) is 1. The van der Waals surface area contributed by atoms with Gasteiger partial charge in [0.25, 0.3) is 0 Å². The molecule has 3 N–H and O–H groups in total. The Morgan fingerprint density at radius 3 is 2.51 bits per heavy atom. The predicted molar refractivity (Wildman–Crippen MR) is 161 cm³/mol. The zero-order chi connectivity index (χ0) is 28.2. The zero-order valence-corrected chi connectivity index (χ0v) is 25.0. The van der Waals surface area contributed by atoms with Gasteiger partial charge < -0.3 is 25.0 Å². The Hall–Kier alpha value is -2.26. The Bertz CT molecular complexity index is 1230. The van der Waals surface area contributed by atoms with Gasteiger partial charge in [-0.3, -0.25) is 4.90 Å². The number of aliphatic hydroxyl groups is 1. The van der Waals surface area contributed by atoms with Crippen molar-refractivity contribution in [2.24, 2.45) is 11.3 Å². The third-order valence-corrected chi connectivity index (χ3v) is 7.97. The number of pyridine rings is 1. The fraction of sp³-hybridized carbons (Fsp3) is 0.677. The monoisotopic (exact) mass is 538 g/mol. The average molecular weight is 539 g/mol. The lowest BCUT2D eigenvalue weighted by Gasteiger charge is -2.40. The number of hydrogen-bond donors (Lipinski definition) is 2. The summed E-state index contributed by atoms with van der Waals surface area (Å²) < 4.78 is 7.85. The number of piperazine rings is 1. The number of anilines is 1. The van der Waals surface area contributed by atoms with E-state index in [2.05, 4.69) is 60.3 Å². The summed E-state index contributed by atoms with van der Waals surface area (Å²) in [6, 6.07) is 7.23. The Morgan fingerprint density at radius 1 is 1.10 bits per heavy atom. The summed E-state index contributed by atoms with van der Waals surface area (Å²) in [7, 11) is 0. The molecule has 8 heteroatoms. The molecule has 0 radical (unpaired) electrons. The van der Waals surface area contributed by atoms with Crippen molar-refractivity contribution in [3.63, 3.8) is 0 Å². The van der Waals surface area contributed by atoms with E-state index in [4.69, 9.17) is 20.4 Å². The standard InChI is InChI=1S/C31H50N6O2/c1-7-39-21-27-34-28-29(37(27)19-22(2)20-38)25-11-10-24(17-26(25)33-30(28)32)9-8-12-35-13-15-36(16-14-35)23(3)18-31(4,5)6/h10-11,17,22-23,38H,7-9,12-16,18-21H2,1-6H3,(H2,32,33). The van der Waals surface area contributed by atoms with Gasteiger partial charge >= 0.3 is 0 Å². The normalized spacial score (nSPS) is 17.3. The number of hydrogen-bond acceptors (Lipinski definition) is 7. The van der Waals surface area contributed by atoms with Crippen molar-refractivity contribution in [3.05, 3.63) is 29.6 Å². The highest BCUT2D eigenvalue weighted by molar-refractivity contribution is 6.06. The zero-order valence-electron chi connectivity index (χ0n) is 25.0. The van der Waals surface area contributed by atoms with E-state index >= 15 is 0 Å². The van der Waals surface area contributed by atoms with Crippen molar-refractivity contribution in [3.8, 4) is 0 Å². The highest BCUT2D eigenvalue weighted by Crippen LogP contribution is 2.31. The summed E-state index contributed by atoms with van der Waals surface area (Å²) in [6.07, 6.45) is 3.40. The molecule has 1 aromatic carbocycles. The number of imidazole rings is 1. The fourth-order valence-electron chi connectivity index (χ4n) is 5.98. The lowest BCUT2D eigenvalue weighted by molar-refractivity contribution is 0.0835. The van der Waals surface area contributed by atoms with Crippen LogP contribution in [0.15, 0.2) is 18.2 Å². The van der Waals surface area contributed by atoms with Gasteiger partial charge in [0.1, 0.15) is 17.9 Å². The van der Waals surface area contributed by atoms with Gasteiger partial charge in [-0.1, -0.05) is 39.8 Å². The molecular formula is C31H50N6O2. The molecule has 3 heterocycles. The van der Waals surface area contributed by atoms with Crippen molar-refractivity contribution >= 4 is 27.8 Å². The van der Waals surface area contributed by atoms with E-state index in [1.807, 2.05) is 13.8 Å². The highest BCUT2D eigenvalue weighted by atomic mass is 16.5. The summed E-state index contributed by atoms with van der Waals surface area (Å²) in [5.74, 6) is 1.36. The molecule has 216 valence electrons. The van der Waals surface area contributed by atoms with Gasteiger partial charge in [0.05, 0.1) is 11.0 Å². The van der Waals surface area contributed by atoms with Crippen LogP contribution >= 0.6 is 0 Å². The van der Waals surface area contributed by atoms with Crippen molar-refractivity contribution in [2.75, 3.05) is 51.7 Å². The number of aliphatic hydroxyl groups excluding tert-OH is 1. The van der Waals surface area contributed by atoms with E-state index in [0.29, 0.717) is 42.5 Å². The van der Waals surface area contributed by atoms with Crippen molar-refractivity contribution in [2.45, 2.75) is 80.0 Å². The Balaban J connectivity index is 1.43. The molecule has 2 unspecified atom stereocenters. The SMILES string of the molecule is CCOCc1nc2c(N)nc3cc(CCCN4CCN(C(C)CC(C)(C)C)CC4)ccc3c2n1CC(C)CO. The van der Waals surface area contributed by atoms with Crippen LogP contribution < -0.4 is 5.73 Å². The first-order valence-corrected chi connectivity index (χ1v) is 14.8. The molecule has 2 aromatic heterocycles. The number of fused-ring (bicyclic) bond motifs is 3. The van der Waals surface area contributed by atoms with Gasteiger partial charge in [-0.15, -0.1) is 0 Å². The largest absolute Gasteiger partial charge is 0.396 e. The molecule has 0 saturated carbocycles. The highest BCUT2D eigenvalue weighted by Gasteiger charge is 2.24. The molecule has 0 bridgehead atoms. The van der Waals surface area contributed by atoms with E-state index in [1.165, 1.54) is 25.1 Å². The van der Waals surface area contributed by atoms with Crippen LogP contribution in [0, 0.1) is 11.3 Å². The molecule has 39 heavy (non-hydrogen) atoms. The van der Waals surface area contributed by atoms with Gasteiger partial charge in [-0.2, -0.15) is 0 Å². The molecular weight excluding hydrogens is 488 g/mol. The van der Waals surface area contributed by atoms with Crippen LogP contribution in [0.2, 0.25) is 0 Å². The summed E-state index contributed by atoms with van der Waals surface area (Å²) in [5.41, 5.74) is 10.7. The Labute approximate surface area is 234 Å². The van der Waals surface area contributed by atoms with Crippen LogP contribution in [-0.2, 0) is 24.3 Å². The maximum Gasteiger partial charge on any atom is 0.152 e. The van der Waals surface area contributed by atoms with E-state index < -0.39 is 0 Å². The number of nitrogens with two attached hydrogens (primary N) is 1. The second kappa shape index (κ2) is 12.9. The fourth-order valence-corrected chi connectivity index (χ4v) is 5.98. The number of benzene rings is 1. The van der Waals surface area contributed by atoms with Gasteiger partial charge in [-0.25, -0.2) is 9.97 Å². The molecule has 4 rings (SSSR count). The third kappa shape index (κ3) is 7.48. The molecule has 0 spiro atoms. The number of aryl methyl sites for hydroxylation is 1. The molecule has 1 fully saturated rings. The van der Waals surface area contributed by atoms with Crippen LogP contribution in [0.5, 0.6) is 0 Å². The molecule has 8 nitrogen and oxygen atoms in total. The topological polar surface area (TPSA) is 92.7 Å². The second-order valence-electron chi connectivity index (χ2n) is 12.7. The quantitative estimate of drug-likeness (QED) is 0.345. The van der Waals surface area contributed by atoms with Crippen molar-refractivity contribution < 1.29 is 9.84 Å². The maximum absolute atomic E-state index is 9.72. The molecule has 0 amide bonds. The van der Waals surface area contributed by atoms with E-state index in [9.17, 15) is 5.11 Å². The van der Waals surface area contributed by atoms with Gasteiger partial charge in [0, 0.05) is 57.4 Å². The smallest absolute Gasteiger partial charge is 0.152 e. The van der Waals surface area contributed by atoms with Crippen LogP contribution in [0.3, 0.4) is 0 Å². The van der Waals surface area contributed by atoms with Crippen LogP contribution in [0.25, 0.3) is 21.9 Å². The van der Waals surface area contributed by atoms with E-state index in [0.717, 1.165) is 54.7 Å². The van der Waals surface area contributed by atoms with Crippen molar-refractivity contribution in [1.29, 1.82) is 0 Å². The van der Waals surface area contributed by atoms with Gasteiger partial charge in [-0.05, 0) is 62.6 Å². The van der Waals surface area contributed by atoms with Gasteiger partial charge in [0.15, 0.2) is 5.82 Å². The summed E-state index contributed by atoms with van der Waals surface area (Å²) >= 11 is 0. The maximum atomic E-state index is 9.72. The number of nitrogen functional groups attached to an aromatic ring is 1. The molecule has 1 aliphatic rings. The molecule has 0 aliphatic carbocycles. The molecule has 1 saturated heterocycles. The first-order chi connectivity index (χ1) is 18.6. The predicted octanol–water partition coefficient (Wildman–Crippen LogP) is 4.71. The number of aromatic nitrogens is 3. The average Bonchev–Trinajstić information content (AvgIpc) is 3.25. The number of rotatable bonds is 12. The number of nitrogens with zero attached hydrogens (tertiary/aromatic N) is 5. The third-order valence-electron chi connectivity index (χ3n) is 7.97. The van der Waals surface area contributed by atoms with Crippen molar-refractivity contribution in [1.82, 2.24) is 24.3 Å². The molecule has 3 aromatic rings. The summed E-state index contributed by atoms with van der Waals surface area (Å²) in [5, 5.41) is 10.8. The minimum absolute atomic E-state index is 0.0926. The van der Waals surface area contributed by atoms with Crippen LogP contribution in [-0.4, -0.2) is 81.4 Å². The van der Waals surface area contributed by atoms with Crippen LogP contribution in [0.1, 0.15) is 65.8 Å². The Kier molecular flexibility index (Phi) is 9.86. The lowest BCUT2D eigenvalue weighted by atomic mass is 9.88. The molecule has 1 aliphatic heterocycles. The summed E-state index contributed by atoms with van der Waals surface area (Å²) in [4.78, 5) is 14.8. The minimum Gasteiger partial charge on any atom is -0.396 e. The van der Waals surface area contributed by atoms with E-state index in [-0.39, 0.29) is 12.5 Å². The minimum atomic E-state index is 0.0926. The van der Waals surface area contributed by atoms with E-state index in [1.54, 1.807) is 0 Å². The first kappa shape index (κ1) is 29.7.